The predicted octanol–water partition coefficient (Wildman–Crippen LogP) is 2.77. The molecule has 0 saturated heterocycles. The lowest BCUT2D eigenvalue weighted by Crippen LogP contribution is -2.41. The highest BCUT2D eigenvalue weighted by molar-refractivity contribution is 5.37. The van der Waals surface area contributed by atoms with Crippen LogP contribution in [-0.2, 0) is 18.7 Å². The SMILES string of the molecule is O=c1n(-c2ccc(OCC(F)(F)C(F)F)cc2)cnn1C[C@](O)(Cn1cncn1)c1ccc(F)cc1F. The summed E-state index contributed by atoms with van der Waals surface area (Å²) in [5, 5.41) is 19.2. The molecule has 0 saturated carbocycles. The summed E-state index contributed by atoms with van der Waals surface area (Å²) in [6.07, 6.45) is -0.346. The number of aliphatic hydroxyl groups is 1. The maximum atomic E-state index is 14.6. The van der Waals surface area contributed by atoms with Gasteiger partial charge in [0.2, 0.25) is 0 Å². The van der Waals surface area contributed by atoms with E-state index >= 15 is 0 Å². The van der Waals surface area contributed by atoms with Crippen LogP contribution >= 0.6 is 0 Å². The molecule has 0 unspecified atom stereocenters. The smallest absolute Gasteiger partial charge is 0.350 e. The molecule has 2 aromatic heterocycles. The van der Waals surface area contributed by atoms with Gasteiger partial charge in [-0.25, -0.2) is 41.3 Å². The molecular weight excluding hydrogens is 510 g/mol. The molecule has 0 aliphatic heterocycles. The van der Waals surface area contributed by atoms with Crippen molar-refractivity contribution in [3.63, 3.8) is 0 Å². The van der Waals surface area contributed by atoms with Crippen molar-refractivity contribution in [3.05, 3.63) is 89.1 Å². The van der Waals surface area contributed by atoms with E-state index in [4.69, 9.17) is 4.74 Å². The summed E-state index contributed by atoms with van der Waals surface area (Å²) in [5.74, 6) is -6.39. The Morgan fingerprint density at radius 2 is 1.73 bits per heavy atom. The Morgan fingerprint density at radius 3 is 2.35 bits per heavy atom. The molecule has 0 aliphatic carbocycles. The van der Waals surface area contributed by atoms with Crippen molar-refractivity contribution in [1.82, 2.24) is 29.1 Å². The zero-order chi connectivity index (χ0) is 26.8. The first-order chi connectivity index (χ1) is 17.5. The maximum Gasteiger partial charge on any atom is 0.350 e. The monoisotopic (exact) mass is 528 g/mol. The van der Waals surface area contributed by atoms with Crippen molar-refractivity contribution in [2.75, 3.05) is 6.61 Å². The zero-order valence-corrected chi connectivity index (χ0v) is 18.7. The minimum Gasteiger partial charge on any atom is -0.487 e. The maximum absolute atomic E-state index is 14.6. The lowest BCUT2D eigenvalue weighted by Gasteiger charge is -2.28. The highest BCUT2D eigenvalue weighted by Crippen LogP contribution is 2.28. The number of alkyl halides is 4. The number of nitrogens with zero attached hydrogens (tertiary/aromatic N) is 6. The van der Waals surface area contributed by atoms with E-state index < -0.39 is 48.4 Å². The molecule has 0 radical (unpaired) electrons. The average molecular weight is 528 g/mol. The van der Waals surface area contributed by atoms with Crippen molar-refractivity contribution in [1.29, 1.82) is 0 Å². The van der Waals surface area contributed by atoms with Crippen LogP contribution in [0.4, 0.5) is 26.3 Å². The minimum atomic E-state index is -4.33. The molecule has 4 rings (SSSR count). The topological polar surface area (TPSA) is 100.0 Å². The normalized spacial score (nSPS) is 13.6. The standard InChI is InChI=1S/C22H18F6N6O3/c23-14-1-6-17(18(24)7-14)21(36,8-32-12-29-11-30-32)9-34-20(35)33(13-31-34)15-2-4-16(5-3-15)37-10-22(27,28)19(25)26/h1-7,11-13,19,36H,8-10H2/t21-/m1/s1. The van der Waals surface area contributed by atoms with E-state index in [0.29, 0.717) is 6.07 Å². The van der Waals surface area contributed by atoms with E-state index in [1.165, 1.54) is 41.6 Å². The van der Waals surface area contributed by atoms with Gasteiger partial charge in [0.1, 0.15) is 42.0 Å². The lowest BCUT2D eigenvalue weighted by atomic mass is 9.93. The molecule has 196 valence electrons. The first-order valence-corrected chi connectivity index (χ1v) is 10.5. The van der Waals surface area contributed by atoms with Gasteiger partial charge in [-0.2, -0.15) is 19.0 Å². The summed E-state index contributed by atoms with van der Waals surface area (Å²) in [7, 11) is 0. The molecule has 0 aliphatic rings. The van der Waals surface area contributed by atoms with Crippen LogP contribution in [-0.4, -0.2) is 53.2 Å². The van der Waals surface area contributed by atoms with E-state index in [-0.39, 0.29) is 23.5 Å². The van der Waals surface area contributed by atoms with Crippen molar-refractivity contribution in [2.45, 2.75) is 31.0 Å². The summed E-state index contributed by atoms with van der Waals surface area (Å²) < 4.78 is 86.5. The van der Waals surface area contributed by atoms with Gasteiger partial charge in [0.05, 0.1) is 18.8 Å². The van der Waals surface area contributed by atoms with Gasteiger partial charge in [-0.15, -0.1) is 0 Å². The summed E-state index contributed by atoms with van der Waals surface area (Å²) in [6, 6.07) is 7.55. The number of ether oxygens (including phenoxy) is 1. The fourth-order valence-corrected chi connectivity index (χ4v) is 3.49. The zero-order valence-electron chi connectivity index (χ0n) is 18.7. The van der Waals surface area contributed by atoms with Crippen LogP contribution in [0.25, 0.3) is 5.69 Å². The predicted molar refractivity (Wildman–Crippen MR) is 115 cm³/mol. The Bertz CT molecular complexity index is 1410. The van der Waals surface area contributed by atoms with Gasteiger partial charge in [-0.05, 0) is 30.3 Å². The third-order valence-corrected chi connectivity index (χ3v) is 5.33. The number of aromatic nitrogens is 6. The Morgan fingerprint density at radius 1 is 1.00 bits per heavy atom. The van der Waals surface area contributed by atoms with E-state index in [0.717, 1.165) is 27.7 Å². The molecule has 9 nitrogen and oxygen atoms in total. The van der Waals surface area contributed by atoms with E-state index in [1.807, 2.05) is 0 Å². The van der Waals surface area contributed by atoms with E-state index in [2.05, 4.69) is 15.2 Å². The van der Waals surface area contributed by atoms with Crippen molar-refractivity contribution in [2.24, 2.45) is 0 Å². The molecule has 0 amide bonds. The highest BCUT2D eigenvalue weighted by atomic mass is 19.3. The second-order valence-corrected chi connectivity index (χ2v) is 8.03. The molecular formula is C22H18F6N6O3. The van der Waals surface area contributed by atoms with Crippen molar-refractivity contribution in [3.8, 4) is 11.4 Å². The Balaban J connectivity index is 1.58. The van der Waals surface area contributed by atoms with Gasteiger partial charge in [0.15, 0.2) is 6.61 Å². The summed E-state index contributed by atoms with van der Waals surface area (Å²) in [4.78, 5) is 16.7. The second-order valence-electron chi connectivity index (χ2n) is 8.03. The molecule has 2 heterocycles. The van der Waals surface area contributed by atoms with Gasteiger partial charge in [-0.1, -0.05) is 6.07 Å². The number of rotatable bonds is 10. The van der Waals surface area contributed by atoms with Crippen molar-refractivity contribution >= 4 is 0 Å². The summed E-state index contributed by atoms with van der Waals surface area (Å²) in [6.45, 7) is -2.46. The van der Waals surface area contributed by atoms with Crippen molar-refractivity contribution < 1.29 is 36.2 Å². The molecule has 2 aromatic carbocycles. The van der Waals surface area contributed by atoms with E-state index in [1.54, 1.807) is 0 Å². The van der Waals surface area contributed by atoms with Gasteiger partial charge >= 0.3 is 18.0 Å². The second kappa shape index (κ2) is 10.1. The van der Waals surface area contributed by atoms with Crippen LogP contribution in [0.2, 0.25) is 0 Å². The first kappa shape index (κ1) is 25.9. The average Bonchev–Trinajstić information content (AvgIpc) is 3.47. The molecule has 4 aromatic rings. The van der Waals surface area contributed by atoms with Gasteiger partial charge in [0, 0.05) is 11.6 Å². The molecule has 0 bridgehead atoms. The lowest BCUT2D eigenvalue weighted by molar-refractivity contribution is -0.148. The quantitative estimate of drug-likeness (QED) is 0.318. The Labute approximate surface area is 204 Å². The molecule has 0 spiro atoms. The number of hydrogen-bond donors (Lipinski definition) is 1. The third kappa shape index (κ3) is 5.66. The Kier molecular flexibility index (Phi) is 7.07. The van der Waals surface area contributed by atoms with Crippen LogP contribution in [0, 0.1) is 11.6 Å². The summed E-state index contributed by atoms with van der Waals surface area (Å²) >= 11 is 0. The number of hydrogen-bond acceptors (Lipinski definition) is 6. The molecule has 1 atom stereocenters. The van der Waals surface area contributed by atoms with Gasteiger partial charge in [0.25, 0.3) is 0 Å². The minimum absolute atomic E-state index is 0.140. The Hall–Kier alpha value is -4.14. The van der Waals surface area contributed by atoms with E-state index in [9.17, 15) is 36.2 Å². The fraction of sp³-hybridized carbons (Fsp3) is 0.273. The van der Waals surface area contributed by atoms with Crippen LogP contribution in [0.1, 0.15) is 5.56 Å². The highest BCUT2D eigenvalue weighted by Gasteiger charge is 2.41. The van der Waals surface area contributed by atoms with Crippen LogP contribution < -0.4 is 10.4 Å². The molecule has 15 heteroatoms. The fourth-order valence-electron chi connectivity index (χ4n) is 3.49. The van der Waals surface area contributed by atoms with Gasteiger partial charge < -0.3 is 9.84 Å². The summed E-state index contributed by atoms with van der Waals surface area (Å²) in [5.41, 5.74) is -2.98. The largest absolute Gasteiger partial charge is 0.487 e. The molecule has 0 fully saturated rings. The molecule has 37 heavy (non-hydrogen) atoms. The number of benzene rings is 2. The van der Waals surface area contributed by atoms with Crippen LogP contribution in [0.5, 0.6) is 5.75 Å². The van der Waals surface area contributed by atoms with Gasteiger partial charge in [-0.3, -0.25) is 0 Å². The van der Waals surface area contributed by atoms with Crippen LogP contribution in [0.15, 0.2) is 66.2 Å². The third-order valence-electron chi connectivity index (χ3n) is 5.33. The first-order valence-electron chi connectivity index (χ1n) is 10.5. The van der Waals surface area contributed by atoms with Crippen LogP contribution in [0.3, 0.4) is 0 Å². The molecule has 1 N–H and O–H groups in total. The number of halogens is 6.